The minimum Gasteiger partial charge on any atom is -0.495 e. The van der Waals surface area contributed by atoms with Gasteiger partial charge in [-0.3, -0.25) is 14.6 Å². The summed E-state index contributed by atoms with van der Waals surface area (Å²) in [5, 5.41) is 8.88. The van der Waals surface area contributed by atoms with Crippen molar-refractivity contribution in [3.05, 3.63) is 52.3 Å². The van der Waals surface area contributed by atoms with E-state index in [0.717, 1.165) is 24.0 Å². The van der Waals surface area contributed by atoms with Crippen LogP contribution in [0.2, 0.25) is 0 Å². The first-order valence-corrected chi connectivity index (χ1v) is 8.47. The van der Waals surface area contributed by atoms with E-state index in [2.05, 4.69) is 15.7 Å². The number of aryl methyl sites for hydroxylation is 2. The lowest BCUT2D eigenvalue weighted by atomic mass is 10.2. The van der Waals surface area contributed by atoms with Gasteiger partial charge in [-0.2, -0.15) is 0 Å². The van der Waals surface area contributed by atoms with Gasteiger partial charge in [0.25, 0.3) is 5.56 Å². The summed E-state index contributed by atoms with van der Waals surface area (Å²) in [6.07, 6.45) is 0.917. The molecule has 3 N–H and O–H groups in total. The lowest BCUT2D eigenvalue weighted by Crippen LogP contribution is -2.20. The molecule has 1 heterocycles. The second-order valence-electron chi connectivity index (χ2n) is 6.11. The van der Waals surface area contributed by atoms with Gasteiger partial charge in [-0.05, 0) is 49.2 Å². The quantitative estimate of drug-likeness (QED) is 0.653. The summed E-state index contributed by atoms with van der Waals surface area (Å²) < 4.78 is 7.08. The van der Waals surface area contributed by atoms with Gasteiger partial charge in [0.05, 0.1) is 23.7 Å². The van der Waals surface area contributed by atoms with Crippen LogP contribution in [0.4, 0.5) is 16.2 Å². The number of methoxy groups -OCH3 is 1. The summed E-state index contributed by atoms with van der Waals surface area (Å²) in [7, 11) is 1.55. The van der Waals surface area contributed by atoms with Crippen LogP contribution in [0.3, 0.4) is 0 Å². The molecule has 2 amide bonds. The zero-order chi connectivity index (χ0) is 18.7. The molecular weight excluding hydrogens is 332 g/mol. The molecule has 3 aromatic rings. The van der Waals surface area contributed by atoms with Crippen LogP contribution in [0.15, 0.2) is 41.2 Å². The summed E-state index contributed by atoms with van der Waals surface area (Å²) in [5.74, 6) is 0.578. The summed E-state index contributed by atoms with van der Waals surface area (Å²) in [6.45, 7) is 4.72. The summed E-state index contributed by atoms with van der Waals surface area (Å²) in [6, 6.07) is 10.4. The molecule has 0 spiro atoms. The topological polar surface area (TPSA) is 88.2 Å². The SMILES string of the molecule is CCCn1[nH]c(=O)c2cc(NC(=O)Nc3cc(C)ccc3OC)ccc21. The highest BCUT2D eigenvalue weighted by molar-refractivity contribution is 6.01. The molecule has 0 aliphatic heterocycles. The molecule has 0 bridgehead atoms. The predicted molar refractivity (Wildman–Crippen MR) is 103 cm³/mol. The monoisotopic (exact) mass is 354 g/mol. The van der Waals surface area contributed by atoms with Crippen molar-refractivity contribution in [2.75, 3.05) is 17.7 Å². The lowest BCUT2D eigenvalue weighted by Gasteiger charge is -2.12. The highest BCUT2D eigenvalue weighted by Gasteiger charge is 2.11. The Labute approximate surface area is 151 Å². The third-order valence-electron chi connectivity index (χ3n) is 4.08. The van der Waals surface area contributed by atoms with Crippen LogP contribution in [0.1, 0.15) is 18.9 Å². The standard InChI is InChI=1S/C19H22N4O3/c1-4-9-23-16-7-6-13(11-14(16)18(24)22-23)20-19(25)21-15-10-12(2)5-8-17(15)26-3/h5-8,10-11H,4,9H2,1-3H3,(H,22,24)(H2,20,21,25). The molecule has 0 fully saturated rings. The Morgan fingerprint density at radius 2 is 2.00 bits per heavy atom. The largest absolute Gasteiger partial charge is 0.495 e. The number of carbonyl (C=O) groups is 1. The van der Waals surface area contributed by atoms with Gasteiger partial charge in [0, 0.05) is 12.2 Å². The van der Waals surface area contributed by atoms with Crippen molar-refractivity contribution < 1.29 is 9.53 Å². The number of ether oxygens (including phenoxy) is 1. The highest BCUT2D eigenvalue weighted by Crippen LogP contribution is 2.25. The van der Waals surface area contributed by atoms with E-state index >= 15 is 0 Å². The number of fused-ring (bicyclic) bond motifs is 1. The van der Waals surface area contributed by atoms with Crippen molar-refractivity contribution in [3.8, 4) is 5.75 Å². The molecule has 7 heteroatoms. The van der Waals surface area contributed by atoms with E-state index in [9.17, 15) is 9.59 Å². The van der Waals surface area contributed by atoms with E-state index in [1.165, 1.54) is 0 Å². The number of anilines is 2. The van der Waals surface area contributed by atoms with Crippen molar-refractivity contribution >= 4 is 28.3 Å². The number of nitrogens with zero attached hydrogens (tertiary/aromatic N) is 1. The summed E-state index contributed by atoms with van der Waals surface area (Å²) in [5.41, 5.74) is 2.78. The number of amides is 2. The molecule has 26 heavy (non-hydrogen) atoms. The normalized spacial score (nSPS) is 10.7. The van der Waals surface area contributed by atoms with E-state index in [1.807, 2.05) is 36.7 Å². The second kappa shape index (κ2) is 7.35. The van der Waals surface area contributed by atoms with E-state index < -0.39 is 6.03 Å². The lowest BCUT2D eigenvalue weighted by molar-refractivity contribution is 0.262. The van der Waals surface area contributed by atoms with Gasteiger partial charge in [0.15, 0.2) is 0 Å². The average molecular weight is 354 g/mol. The molecule has 0 radical (unpaired) electrons. The van der Waals surface area contributed by atoms with Crippen molar-refractivity contribution in [3.63, 3.8) is 0 Å². The number of urea groups is 1. The first-order valence-electron chi connectivity index (χ1n) is 8.47. The van der Waals surface area contributed by atoms with Crippen LogP contribution >= 0.6 is 0 Å². The molecule has 0 aliphatic carbocycles. The van der Waals surface area contributed by atoms with Crippen molar-refractivity contribution in [1.29, 1.82) is 0 Å². The van der Waals surface area contributed by atoms with Crippen LogP contribution in [-0.4, -0.2) is 22.9 Å². The van der Waals surface area contributed by atoms with Crippen LogP contribution in [0.25, 0.3) is 10.9 Å². The smallest absolute Gasteiger partial charge is 0.323 e. The number of aromatic amines is 1. The van der Waals surface area contributed by atoms with Gasteiger partial charge in [-0.25, -0.2) is 4.79 Å². The van der Waals surface area contributed by atoms with Crippen LogP contribution in [0.5, 0.6) is 5.75 Å². The maximum Gasteiger partial charge on any atom is 0.323 e. The molecule has 0 aliphatic rings. The molecule has 2 aromatic carbocycles. The molecule has 0 unspecified atom stereocenters. The fraction of sp³-hybridized carbons (Fsp3) is 0.263. The van der Waals surface area contributed by atoms with E-state index in [4.69, 9.17) is 4.74 Å². The van der Waals surface area contributed by atoms with Crippen molar-refractivity contribution in [2.24, 2.45) is 0 Å². The highest BCUT2D eigenvalue weighted by atomic mass is 16.5. The average Bonchev–Trinajstić information content (AvgIpc) is 2.91. The van der Waals surface area contributed by atoms with Gasteiger partial charge in [-0.1, -0.05) is 13.0 Å². The molecule has 0 saturated carbocycles. The predicted octanol–water partition coefficient (Wildman–Crippen LogP) is 3.70. The van der Waals surface area contributed by atoms with Gasteiger partial charge < -0.3 is 15.4 Å². The number of nitrogens with one attached hydrogen (secondary N) is 3. The Morgan fingerprint density at radius 3 is 2.73 bits per heavy atom. The Balaban J connectivity index is 1.80. The molecule has 3 rings (SSSR count). The van der Waals surface area contributed by atoms with Gasteiger partial charge in [0.2, 0.25) is 0 Å². The maximum atomic E-state index is 12.3. The van der Waals surface area contributed by atoms with Crippen molar-refractivity contribution in [1.82, 2.24) is 9.78 Å². The molecule has 7 nitrogen and oxygen atoms in total. The number of rotatable bonds is 5. The zero-order valence-electron chi connectivity index (χ0n) is 15.1. The Kier molecular flexibility index (Phi) is 4.97. The number of hydrogen-bond donors (Lipinski definition) is 3. The van der Waals surface area contributed by atoms with E-state index in [-0.39, 0.29) is 5.56 Å². The molecule has 1 aromatic heterocycles. The van der Waals surface area contributed by atoms with Crippen LogP contribution < -0.4 is 20.9 Å². The maximum absolute atomic E-state index is 12.3. The first kappa shape index (κ1) is 17.6. The second-order valence-corrected chi connectivity index (χ2v) is 6.11. The fourth-order valence-electron chi connectivity index (χ4n) is 2.88. The third kappa shape index (κ3) is 3.56. The number of H-pyrrole nitrogens is 1. The summed E-state index contributed by atoms with van der Waals surface area (Å²) >= 11 is 0. The summed E-state index contributed by atoms with van der Waals surface area (Å²) in [4.78, 5) is 24.4. The fourth-order valence-corrected chi connectivity index (χ4v) is 2.88. The molecule has 0 saturated heterocycles. The van der Waals surface area contributed by atoms with Gasteiger partial charge >= 0.3 is 6.03 Å². The first-order chi connectivity index (χ1) is 12.5. The van der Waals surface area contributed by atoms with Crippen molar-refractivity contribution in [2.45, 2.75) is 26.8 Å². The van der Waals surface area contributed by atoms with Gasteiger partial charge in [-0.15, -0.1) is 0 Å². The third-order valence-corrected chi connectivity index (χ3v) is 4.08. The number of hydrogen-bond acceptors (Lipinski definition) is 3. The van der Waals surface area contributed by atoms with Crippen LogP contribution in [-0.2, 0) is 6.54 Å². The molecule has 0 atom stereocenters. The number of carbonyl (C=O) groups excluding carboxylic acids is 1. The Bertz CT molecular complexity index is 1000. The molecule has 136 valence electrons. The zero-order valence-corrected chi connectivity index (χ0v) is 15.1. The van der Waals surface area contributed by atoms with E-state index in [0.29, 0.717) is 22.5 Å². The Hall–Kier alpha value is -3.22. The molecular formula is C19H22N4O3. The van der Waals surface area contributed by atoms with Gasteiger partial charge in [0.1, 0.15) is 5.75 Å². The van der Waals surface area contributed by atoms with Crippen LogP contribution in [0, 0.1) is 6.92 Å². The minimum absolute atomic E-state index is 0.169. The number of benzene rings is 2. The van der Waals surface area contributed by atoms with E-state index in [1.54, 1.807) is 25.3 Å². The Morgan fingerprint density at radius 1 is 1.19 bits per heavy atom. The minimum atomic E-state index is -0.405. The number of aromatic nitrogens is 2.